The predicted octanol–water partition coefficient (Wildman–Crippen LogP) is 3.81. The molecule has 0 aliphatic rings. The first-order chi connectivity index (χ1) is 16.2. The number of rotatable bonds is 8. The summed E-state index contributed by atoms with van der Waals surface area (Å²) in [4.78, 5) is 20.8. The van der Waals surface area contributed by atoms with Crippen LogP contribution in [0.1, 0.15) is 35.1 Å². The van der Waals surface area contributed by atoms with E-state index >= 15 is 0 Å². The van der Waals surface area contributed by atoms with Gasteiger partial charge in [-0.1, -0.05) is 19.1 Å². The minimum absolute atomic E-state index is 0.00629. The van der Waals surface area contributed by atoms with Crippen LogP contribution in [-0.4, -0.2) is 36.0 Å². The lowest BCUT2D eigenvalue weighted by Gasteiger charge is -2.13. The highest BCUT2D eigenvalue weighted by Crippen LogP contribution is 2.19. The Hall–Kier alpha value is -3.57. The Kier molecular flexibility index (Phi) is 8.13. The number of benzene rings is 2. The molecular weight excluding hydrogens is 474 g/mol. The van der Waals surface area contributed by atoms with E-state index in [2.05, 4.69) is 25.3 Å². The van der Waals surface area contributed by atoms with E-state index in [0.29, 0.717) is 35.0 Å². The lowest BCUT2D eigenvalue weighted by atomic mass is 10.2. The highest BCUT2D eigenvalue weighted by Gasteiger charge is 2.17. The number of anilines is 2. The molecule has 0 fully saturated rings. The van der Waals surface area contributed by atoms with E-state index in [0.717, 1.165) is 6.42 Å². The fourth-order valence-corrected chi connectivity index (χ4v) is 4.15. The maximum Gasteiger partial charge on any atom is 0.264 e. The Bertz CT molecular complexity index is 1270. The van der Waals surface area contributed by atoms with Gasteiger partial charge in [0.1, 0.15) is 5.75 Å². The Morgan fingerprint density at radius 3 is 2.32 bits per heavy atom. The van der Waals surface area contributed by atoms with E-state index in [9.17, 15) is 13.2 Å². The van der Waals surface area contributed by atoms with Gasteiger partial charge in [0, 0.05) is 17.1 Å². The van der Waals surface area contributed by atoms with Crippen LogP contribution in [0.5, 0.6) is 5.75 Å². The van der Waals surface area contributed by atoms with E-state index in [1.807, 2.05) is 6.92 Å². The summed E-state index contributed by atoms with van der Waals surface area (Å²) in [6.07, 6.45) is 0.814. The number of hydrogen-bond donors (Lipinski definition) is 3. The summed E-state index contributed by atoms with van der Waals surface area (Å²) >= 11 is 5.23. The van der Waals surface area contributed by atoms with E-state index in [-0.39, 0.29) is 16.0 Å². The Labute approximate surface area is 204 Å². The van der Waals surface area contributed by atoms with Gasteiger partial charge in [-0.05, 0) is 75.0 Å². The lowest BCUT2D eigenvalue weighted by Crippen LogP contribution is -2.34. The molecule has 0 aliphatic heterocycles. The van der Waals surface area contributed by atoms with Crippen molar-refractivity contribution >= 4 is 44.9 Å². The van der Waals surface area contributed by atoms with Crippen LogP contribution < -0.4 is 20.1 Å². The molecule has 0 atom stereocenters. The molecule has 3 N–H and O–H groups in total. The van der Waals surface area contributed by atoms with Gasteiger partial charge in [-0.25, -0.2) is 23.1 Å². The average Bonchev–Trinajstić information content (AvgIpc) is 2.77. The van der Waals surface area contributed by atoms with E-state index in [1.165, 1.54) is 24.3 Å². The number of ether oxygens (including phenoxy) is 1. The third kappa shape index (κ3) is 6.72. The second-order valence-electron chi connectivity index (χ2n) is 7.36. The largest absolute Gasteiger partial charge is 0.493 e. The molecule has 178 valence electrons. The number of nitrogens with zero attached hydrogens (tertiary/aromatic N) is 2. The van der Waals surface area contributed by atoms with Gasteiger partial charge in [0.05, 0.1) is 17.1 Å². The van der Waals surface area contributed by atoms with Gasteiger partial charge >= 0.3 is 0 Å². The van der Waals surface area contributed by atoms with Crippen LogP contribution >= 0.6 is 12.2 Å². The van der Waals surface area contributed by atoms with Gasteiger partial charge in [0.25, 0.3) is 15.9 Å². The Morgan fingerprint density at radius 1 is 1.03 bits per heavy atom. The monoisotopic (exact) mass is 499 g/mol. The maximum absolute atomic E-state index is 12.7. The quantitative estimate of drug-likeness (QED) is 0.400. The van der Waals surface area contributed by atoms with Crippen LogP contribution in [0.15, 0.2) is 59.5 Å². The summed E-state index contributed by atoms with van der Waals surface area (Å²) in [6.45, 7) is 5.98. The van der Waals surface area contributed by atoms with Crippen LogP contribution in [0.3, 0.4) is 0 Å². The molecule has 0 bridgehead atoms. The second-order valence-corrected chi connectivity index (χ2v) is 9.45. The molecule has 2 aromatic carbocycles. The number of aromatic nitrogens is 2. The van der Waals surface area contributed by atoms with Gasteiger partial charge in [-0.2, -0.15) is 0 Å². The zero-order chi connectivity index (χ0) is 24.7. The van der Waals surface area contributed by atoms with Crippen molar-refractivity contribution in [3.8, 4) is 5.75 Å². The molecular formula is C23H25N5O4S2. The number of nitrogens with one attached hydrogen (secondary N) is 3. The highest BCUT2D eigenvalue weighted by molar-refractivity contribution is 7.92. The number of hydrogen-bond acceptors (Lipinski definition) is 7. The van der Waals surface area contributed by atoms with Crippen LogP contribution in [0.4, 0.5) is 11.6 Å². The van der Waals surface area contributed by atoms with Crippen molar-refractivity contribution in [3.05, 3.63) is 71.5 Å². The summed E-state index contributed by atoms with van der Waals surface area (Å²) in [7, 11) is -3.88. The molecule has 3 aromatic rings. The van der Waals surface area contributed by atoms with Crippen molar-refractivity contribution in [3.63, 3.8) is 0 Å². The molecule has 1 aromatic heterocycles. The zero-order valence-corrected chi connectivity index (χ0v) is 20.6. The fourth-order valence-electron chi connectivity index (χ4n) is 2.99. The average molecular weight is 500 g/mol. The molecule has 1 amide bonds. The number of para-hydroxylation sites is 1. The molecule has 0 unspecified atom stereocenters. The first-order valence-corrected chi connectivity index (χ1v) is 12.4. The highest BCUT2D eigenvalue weighted by atomic mass is 32.2. The van der Waals surface area contributed by atoms with E-state index < -0.39 is 15.9 Å². The van der Waals surface area contributed by atoms with Gasteiger partial charge < -0.3 is 10.1 Å². The minimum atomic E-state index is -3.88. The second kappa shape index (κ2) is 11.0. The van der Waals surface area contributed by atoms with Crippen molar-refractivity contribution in [2.24, 2.45) is 0 Å². The van der Waals surface area contributed by atoms with Gasteiger partial charge in [0.2, 0.25) is 5.95 Å². The lowest BCUT2D eigenvalue weighted by molar-refractivity contribution is 0.0973. The molecule has 0 radical (unpaired) electrons. The van der Waals surface area contributed by atoms with Crippen molar-refractivity contribution in [1.29, 1.82) is 0 Å². The van der Waals surface area contributed by atoms with Crippen LogP contribution in [0.25, 0.3) is 0 Å². The molecule has 0 saturated carbocycles. The molecule has 1 heterocycles. The van der Waals surface area contributed by atoms with Crippen molar-refractivity contribution < 1.29 is 17.9 Å². The van der Waals surface area contributed by atoms with Crippen molar-refractivity contribution in [1.82, 2.24) is 15.3 Å². The Morgan fingerprint density at radius 2 is 1.68 bits per heavy atom. The summed E-state index contributed by atoms with van der Waals surface area (Å²) in [5.41, 5.74) is 2.17. The number of carbonyl (C=O) groups excluding carboxylic acids is 1. The first-order valence-electron chi connectivity index (χ1n) is 10.5. The normalized spacial score (nSPS) is 10.9. The van der Waals surface area contributed by atoms with Gasteiger partial charge in [-0.3, -0.25) is 10.1 Å². The number of amides is 1. The first kappa shape index (κ1) is 25.1. The van der Waals surface area contributed by atoms with Gasteiger partial charge in [-0.15, -0.1) is 0 Å². The molecule has 11 heteroatoms. The SMILES string of the molecule is CCCOc1ccccc1C(=O)NC(=S)Nc1ccc(S(=O)(=O)Nc2nc(C)cc(C)n2)cc1. The maximum atomic E-state index is 12.7. The number of thiocarbonyl (C=S) groups is 1. The number of aryl methyl sites for hydroxylation is 2. The molecule has 0 aliphatic carbocycles. The summed E-state index contributed by atoms with van der Waals surface area (Å²) < 4.78 is 33.3. The number of carbonyl (C=O) groups is 1. The standard InChI is InChI=1S/C23H25N5O4S2/c1-4-13-32-20-8-6-5-7-19(20)21(29)27-23(33)26-17-9-11-18(12-10-17)34(30,31)28-22-24-15(2)14-16(3)25-22/h5-12,14H,4,13H2,1-3H3,(H,24,25,28)(H2,26,27,29,33). The summed E-state index contributed by atoms with van der Waals surface area (Å²) in [5.74, 6) is 0.0623. The van der Waals surface area contributed by atoms with Crippen LogP contribution in [0, 0.1) is 13.8 Å². The van der Waals surface area contributed by atoms with Crippen LogP contribution in [-0.2, 0) is 10.0 Å². The van der Waals surface area contributed by atoms with Crippen molar-refractivity contribution in [2.75, 3.05) is 16.6 Å². The smallest absolute Gasteiger partial charge is 0.264 e. The topological polar surface area (TPSA) is 122 Å². The predicted molar refractivity (Wildman–Crippen MR) is 135 cm³/mol. The Balaban J connectivity index is 1.64. The molecule has 0 spiro atoms. The molecule has 3 rings (SSSR count). The molecule has 34 heavy (non-hydrogen) atoms. The fraction of sp³-hybridized carbons (Fsp3) is 0.217. The zero-order valence-electron chi connectivity index (χ0n) is 19.0. The van der Waals surface area contributed by atoms with Crippen LogP contribution in [0.2, 0.25) is 0 Å². The van der Waals surface area contributed by atoms with Crippen molar-refractivity contribution in [2.45, 2.75) is 32.1 Å². The summed E-state index contributed by atoms with van der Waals surface area (Å²) in [6, 6.07) is 14.5. The number of sulfonamides is 1. The third-order valence-corrected chi connectivity index (χ3v) is 6.00. The summed E-state index contributed by atoms with van der Waals surface area (Å²) in [5, 5.41) is 5.53. The van der Waals surface area contributed by atoms with E-state index in [1.54, 1.807) is 44.2 Å². The van der Waals surface area contributed by atoms with E-state index in [4.69, 9.17) is 17.0 Å². The third-order valence-electron chi connectivity index (χ3n) is 4.45. The van der Waals surface area contributed by atoms with Gasteiger partial charge in [0.15, 0.2) is 5.11 Å². The minimum Gasteiger partial charge on any atom is -0.493 e. The molecule has 0 saturated heterocycles. The molecule has 9 nitrogen and oxygen atoms in total.